The Bertz CT molecular complexity index is 1090. The van der Waals surface area contributed by atoms with Gasteiger partial charge in [-0.05, 0) is 39.0 Å². The number of nitrogens with two attached hydrogens (primary N) is 1. The van der Waals surface area contributed by atoms with E-state index in [0.717, 1.165) is 10.7 Å². The van der Waals surface area contributed by atoms with Crippen LogP contribution in [0.1, 0.15) is 40.5 Å². The van der Waals surface area contributed by atoms with E-state index in [-0.39, 0.29) is 17.7 Å². The van der Waals surface area contributed by atoms with Crippen molar-refractivity contribution in [3.8, 4) is 11.5 Å². The Balaban J connectivity index is 1.95. The molecule has 2 aromatic heterocycles. The number of thiazole rings is 1. The van der Waals surface area contributed by atoms with E-state index in [0.29, 0.717) is 35.7 Å². The van der Waals surface area contributed by atoms with Gasteiger partial charge in [0, 0.05) is 34.3 Å². The predicted molar refractivity (Wildman–Crippen MR) is 118 cm³/mol. The number of aryl methyl sites for hydroxylation is 1. The van der Waals surface area contributed by atoms with Crippen LogP contribution >= 0.6 is 11.3 Å². The van der Waals surface area contributed by atoms with Crippen LogP contribution in [0.4, 0.5) is 0 Å². The number of carbonyl (C=O) groups is 1. The standard InChI is InChI=1S/C21H24N6O3S/c1-4-27(10-17-26-12(2)11-31-17)21(28)16-8-14(19(24)30-18(23)13(3)22)7-15(9-16)20-25-5-6-29-20/h5-9,11,13,23-24H,4,10,22H2,1-3H3. The van der Waals surface area contributed by atoms with E-state index in [2.05, 4.69) is 9.97 Å². The highest BCUT2D eigenvalue weighted by Gasteiger charge is 2.21. The topological polar surface area (TPSA) is 142 Å². The number of carbonyl (C=O) groups excluding carboxylic acids is 1. The Labute approximate surface area is 183 Å². The van der Waals surface area contributed by atoms with E-state index in [4.69, 9.17) is 25.7 Å². The average molecular weight is 441 g/mol. The third-order valence-electron chi connectivity index (χ3n) is 4.41. The van der Waals surface area contributed by atoms with Crippen molar-refractivity contribution in [2.45, 2.75) is 33.4 Å². The van der Waals surface area contributed by atoms with Crippen molar-refractivity contribution in [1.29, 1.82) is 10.8 Å². The quantitative estimate of drug-likeness (QED) is 0.379. The number of nitrogens with one attached hydrogen (secondary N) is 2. The molecular formula is C21H24N6O3S. The zero-order valence-electron chi connectivity index (χ0n) is 17.5. The van der Waals surface area contributed by atoms with Gasteiger partial charge in [-0.3, -0.25) is 15.6 Å². The van der Waals surface area contributed by atoms with Gasteiger partial charge < -0.3 is 19.8 Å². The lowest BCUT2D eigenvalue weighted by Gasteiger charge is -2.20. The fraction of sp³-hybridized carbons (Fsp3) is 0.286. The number of rotatable bonds is 7. The Kier molecular flexibility index (Phi) is 6.93. The summed E-state index contributed by atoms with van der Waals surface area (Å²) in [6.07, 6.45) is 2.93. The second-order valence-corrected chi connectivity index (χ2v) is 7.87. The SMILES string of the molecule is CCN(Cc1nc(C)cs1)C(=O)c1cc(C(=N)OC(=N)C(C)N)cc(-c2ncco2)c1. The molecule has 10 heteroatoms. The van der Waals surface area contributed by atoms with Crippen LogP contribution < -0.4 is 5.73 Å². The van der Waals surface area contributed by atoms with Crippen LogP contribution in [0.25, 0.3) is 11.5 Å². The van der Waals surface area contributed by atoms with Gasteiger partial charge in [0.25, 0.3) is 5.91 Å². The number of nitrogens with zero attached hydrogens (tertiary/aromatic N) is 3. The summed E-state index contributed by atoms with van der Waals surface area (Å²) in [7, 11) is 0. The van der Waals surface area contributed by atoms with Crippen molar-refractivity contribution in [3.05, 3.63) is 57.9 Å². The first-order valence-corrected chi connectivity index (χ1v) is 10.5. The lowest BCUT2D eigenvalue weighted by Crippen LogP contribution is -2.31. The van der Waals surface area contributed by atoms with Gasteiger partial charge in [0.1, 0.15) is 11.3 Å². The first kappa shape index (κ1) is 22.3. The second-order valence-electron chi connectivity index (χ2n) is 6.92. The van der Waals surface area contributed by atoms with Gasteiger partial charge >= 0.3 is 0 Å². The van der Waals surface area contributed by atoms with Crippen LogP contribution in [0.5, 0.6) is 0 Å². The normalized spacial score (nSPS) is 11.7. The second kappa shape index (κ2) is 9.63. The molecule has 1 atom stereocenters. The predicted octanol–water partition coefficient (Wildman–Crippen LogP) is 3.44. The fourth-order valence-electron chi connectivity index (χ4n) is 2.78. The summed E-state index contributed by atoms with van der Waals surface area (Å²) in [5.41, 5.74) is 7.74. The van der Waals surface area contributed by atoms with Crippen LogP contribution in [0, 0.1) is 17.7 Å². The van der Waals surface area contributed by atoms with Crippen LogP contribution in [-0.2, 0) is 11.3 Å². The first-order chi connectivity index (χ1) is 14.8. The lowest BCUT2D eigenvalue weighted by atomic mass is 10.0. The number of ether oxygens (including phenoxy) is 1. The molecule has 0 bridgehead atoms. The monoisotopic (exact) mass is 440 g/mol. The third-order valence-corrected chi connectivity index (χ3v) is 5.36. The van der Waals surface area contributed by atoms with Crippen molar-refractivity contribution in [3.63, 3.8) is 0 Å². The van der Waals surface area contributed by atoms with Gasteiger partial charge in [0.05, 0.1) is 18.8 Å². The number of hydrogen-bond acceptors (Lipinski definition) is 9. The van der Waals surface area contributed by atoms with Crippen molar-refractivity contribution >= 4 is 29.0 Å². The van der Waals surface area contributed by atoms with Crippen LogP contribution in [-0.4, -0.2) is 45.2 Å². The number of hydrogen-bond donors (Lipinski definition) is 3. The zero-order chi connectivity index (χ0) is 22.5. The van der Waals surface area contributed by atoms with Gasteiger partial charge in [-0.2, -0.15) is 0 Å². The van der Waals surface area contributed by atoms with Crippen molar-refractivity contribution in [1.82, 2.24) is 14.9 Å². The number of benzene rings is 1. The Morgan fingerprint density at radius 2 is 2.06 bits per heavy atom. The molecule has 1 amide bonds. The summed E-state index contributed by atoms with van der Waals surface area (Å²) in [5.74, 6) is -0.443. The molecular weight excluding hydrogens is 416 g/mol. The van der Waals surface area contributed by atoms with Gasteiger partial charge in [-0.1, -0.05) is 0 Å². The molecule has 4 N–H and O–H groups in total. The molecule has 0 aliphatic heterocycles. The molecule has 0 spiro atoms. The minimum Gasteiger partial charge on any atom is -0.445 e. The van der Waals surface area contributed by atoms with Gasteiger partial charge in [0.2, 0.25) is 17.7 Å². The van der Waals surface area contributed by atoms with Crippen LogP contribution in [0.3, 0.4) is 0 Å². The molecule has 0 radical (unpaired) electrons. The summed E-state index contributed by atoms with van der Waals surface area (Å²) in [6, 6.07) is 4.19. The highest BCUT2D eigenvalue weighted by Crippen LogP contribution is 2.23. The van der Waals surface area contributed by atoms with Crippen LogP contribution in [0.15, 0.2) is 40.5 Å². The summed E-state index contributed by atoms with van der Waals surface area (Å²) in [6.45, 7) is 6.27. The fourth-order valence-corrected chi connectivity index (χ4v) is 3.57. The molecule has 0 aliphatic carbocycles. The van der Waals surface area contributed by atoms with Crippen molar-refractivity contribution in [2.24, 2.45) is 5.73 Å². The molecule has 2 heterocycles. The van der Waals surface area contributed by atoms with Crippen molar-refractivity contribution in [2.75, 3.05) is 6.54 Å². The van der Waals surface area contributed by atoms with Gasteiger partial charge in [0.15, 0.2) is 0 Å². The molecule has 31 heavy (non-hydrogen) atoms. The smallest absolute Gasteiger partial charge is 0.254 e. The highest BCUT2D eigenvalue weighted by molar-refractivity contribution is 7.09. The molecule has 0 fully saturated rings. The van der Waals surface area contributed by atoms with E-state index >= 15 is 0 Å². The summed E-state index contributed by atoms with van der Waals surface area (Å²) in [5, 5.41) is 18.8. The van der Waals surface area contributed by atoms with E-state index in [1.165, 1.54) is 23.8 Å². The maximum absolute atomic E-state index is 13.3. The van der Waals surface area contributed by atoms with Gasteiger partial charge in [-0.15, -0.1) is 11.3 Å². The largest absolute Gasteiger partial charge is 0.445 e. The first-order valence-electron chi connectivity index (χ1n) is 9.64. The molecule has 0 saturated heterocycles. The zero-order valence-corrected chi connectivity index (χ0v) is 18.3. The Hall–Kier alpha value is -3.37. The van der Waals surface area contributed by atoms with E-state index in [1.807, 2.05) is 19.2 Å². The molecule has 0 aliphatic rings. The molecule has 0 saturated carbocycles. The lowest BCUT2D eigenvalue weighted by molar-refractivity contribution is 0.0752. The molecule has 3 aromatic rings. The van der Waals surface area contributed by atoms with E-state index in [1.54, 1.807) is 30.0 Å². The summed E-state index contributed by atoms with van der Waals surface area (Å²) < 4.78 is 10.6. The van der Waals surface area contributed by atoms with Crippen LogP contribution in [0.2, 0.25) is 0 Å². The number of amides is 1. The Morgan fingerprint density at radius 1 is 1.32 bits per heavy atom. The van der Waals surface area contributed by atoms with E-state index < -0.39 is 6.04 Å². The number of oxazole rings is 1. The highest BCUT2D eigenvalue weighted by atomic mass is 32.1. The maximum atomic E-state index is 13.3. The summed E-state index contributed by atoms with van der Waals surface area (Å²) in [4.78, 5) is 23.5. The van der Waals surface area contributed by atoms with Crippen molar-refractivity contribution < 1.29 is 13.9 Å². The Morgan fingerprint density at radius 3 is 2.65 bits per heavy atom. The molecule has 1 aromatic carbocycles. The average Bonchev–Trinajstić information content (AvgIpc) is 3.43. The van der Waals surface area contributed by atoms with E-state index in [9.17, 15) is 4.79 Å². The minimum atomic E-state index is -0.659. The van der Waals surface area contributed by atoms with Gasteiger partial charge in [-0.25, -0.2) is 9.97 Å². The minimum absolute atomic E-state index is 0.222. The molecule has 1 unspecified atom stereocenters. The molecule has 162 valence electrons. The molecule has 9 nitrogen and oxygen atoms in total. The maximum Gasteiger partial charge on any atom is 0.254 e. The molecule has 3 rings (SSSR count). The third kappa shape index (κ3) is 5.41. The number of aromatic nitrogens is 2. The summed E-state index contributed by atoms with van der Waals surface area (Å²) >= 11 is 1.51.